The highest BCUT2D eigenvalue weighted by molar-refractivity contribution is 6.15. The normalized spacial score (nSPS) is 11.6. The van der Waals surface area contributed by atoms with Crippen LogP contribution in [0.15, 0.2) is 173 Å². The van der Waals surface area contributed by atoms with Crippen LogP contribution >= 0.6 is 0 Å². The molecule has 0 amide bonds. The van der Waals surface area contributed by atoms with Crippen LogP contribution in [0, 0.1) is 0 Å². The zero-order chi connectivity index (χ0) is 30.6. The minimum absolute atomic E-state index is 0.338. The molecule has 216 valence electrons. The first-order valence-electron chi connectivity index (χ1n) is 15.5. The number of fused-ring (bicyclic) bond motifs is 6. The van der Waals surface area contributed by atoms with E-state index < -0.39 is 0 Å². The van der Waals surface area contributed by atoms with E-state index in [4.69, 9.17) is 4.42 Å². The van der Waals surface area contributed by atoms with Gasteiger partial charge in [-0.25, -0.2) is 4.79 Å². The molecule has 0 aliphatic rings. The maximum Gasteiger partial charge on any atom is 0.344 e. The molecule has 0 radical (unpaired) electrons. The molecular formula is C43H27NO2. The molecule has 7 aromatic carbocycles. The summed E-state index contributed by atoms with van der Waals surface area (Å²) in [6.45, 7) is 0. The fourth-order valence-electron chi connectivity index (χ4n) is 6.94. The van der Waals surface area contributed by atoms with Crippen LogP contribution < -0.4 is 5.63 Å². The molecule has 0 unspecified atom stereocenters. The minimum Gasteiger partial charge on any atom is -0.422 e. The third-order valence-corrected chi connectivity index (χ3v) is 9.03. The van der Waals surface area contributed by atoms with E-state index in [1.807, 2.05) is 60.7 Å². The monoisotopic (exact) mass is 589 g/mol. The van der Waals surface area contributed by atoms with Gasteiger partial charge in [0.05, 0.1) is 16.4 Å². The van der Waals surface area contributed by atoms with E-state index in [0.29, 0.717) is 11.0 Å². The number of aromatic nitrogens is 1. The van der Waals surface area contributed by atoms with E-state index in [1.165, 1.54) is 5.39 Å². The van der Waals surface area contributed by atoms with Crippen molar-refractivity contribution in [2.75, 3.05) is 0 Å². The SMILES string of the molecule is O=c1oc2c(-c3ccccc3)cc(-c3ccccc3)cc2c2cccc(-c3ccc4c(c3)c3ccccc3n4-c3ccccc3)c12. The molecule has 9 aromatic rings. The van der Waals surface area contributed by atoms with Crippen LogP contribution in [-0.2, 0) is 0 Å². The van der Waals surface area contributed by atoms with Gasteiger partial charge in [0.2, 0.25) is 0 Å². The van der Waals surface area contributed by atoms with E-state index >= 15 is 0 Å². The van der Waals surface area contributed by atoms with Crippen molar-refractivity contribution in [2.45, 2.75) is 0 Å². The van der Waals surface area contributed by atoms with Gasteiger partial charge in [-0.3, -0.25) is 0 Å². The molecule has 0 saturated heterocycles. The molecule has 3 heteroatoms. The zero-order valence-electron chi connectivity index (χ0n) is 24.9. The molecule has 0 N–H and O–H groups in total. The Morgan fingerprint density at radius 1 is 0.413 bits per heavy atom. The fourth-order valence-corrected chi connectivity index (χ4v) is 6.94. The van der Waals surface area contributed by atoms with Gasteiger partial charge in [-0.2, -0.15) is 0 Å². The van der Waals surface area contributed by atoms with Crippen molar-refractivity contribution in [3.63, 3.8) is 0 Å². The van der Waals surface area contributed by atoms with Crippen molar-refractivity contribution in [2.24, 2.45) is 0 Å². The first-order chi connectivity index (χ1) is 22.7. The van der Waals surface area contributed by atoms with Gasteiger partial charge < -0.3 is 8.98 Å². The van der Waals surface area contributed by atoms with Gasteiger partial charge in [-0.05, 0) is 70.3 Å². The quantitative estimate of drug-likeness (QED) is 0.151. The summed E-state index contributed by atoms with van der Waals surface area (Å²) in [6, 6.07) is 56.3. The van der Waals surface area contributed by atoms with Crippen LogP contribution in [0.1, 0.15) is 0 Å². The number of hydrogen-bond acceptors (Lipinski definition) is 2. The zero-order valence-corrected chi connectivity index (χ0v) is 24.9. The highest BCUT2D eigenvalue weighted by atomic mass is 16.4. The van der Waals surface area contributed by atoms with Crippen LogP contribution in [0.25, 0.3) is 82.6 Å². The third kappa shape index (κ3) is 4.10. The lowest BCUT2D eigenvalue weighted by atomic mass is 9.92. The lowest BCUT2D eigenvalue weighted by Gasteiger charge is -2.14. The molecule has 0 fully saturated rings. The van der Waals surface area contributed by atoms with Crippen LogP contribution in [-0.4, -0.2) is 4.57 Å². The second-order valence-electron chi connectivity index (χ2n) is 11.7. The van der Waals surface area contributed by atoms with Crippen molar-refractivity contribution in [3.05, 3.63) is 174 Å². The van der Waals surface area contributed by atoms with E-state index in [1.54, 1.807) is 0 Å². The molecule has 2 aromatic heterocycles. The second kappa shape index (κ2) is 10.5. The molecule has 0 saturated carbocycles. The van der Waals surface area contributed by atoms with Gasteiger partial charge >= 0.3 is 5.63 Å². The Morgan fingerprint density at radius 2 is 1.04 bits per heavy atom. The Bertz CT molecular complexity index is 2630. The molecule has 0 aliphatic carbocycles. The lowest BCUT2D eigenvalue weighted by Crippen LogP contribution is -2.03. The summed E-state index contributed by atoms with van der Waals surface area (Å²) in [5, 5.41) is 4.69. The standard InChI is InChI=1S/C43H27NO2/c45-43-41-33(30-23-24-40-37(25-30)34-19-10-11-22-39(34)44(40)32-17-8-3-9-18-32)20-12-21-35(41)38-27-31(28-13-4-1-5-14-28)26-36(42(38)46-43)29-15-6-2-7-16-29/h1-27H. The first-order valence-corrected chi connectivity index (χ1v) is 15.5. The average molecular weight is 590 g/mol. The van der Waals surface area contributed by atoms with Crippen molar-refractivity contribution in [1.29, 1.82) is 0 Å². The molecule has 0 spiro atoms. The Kier molecular flexibility index (Phi) is 5.97. The largest absolute Gasteiger partial charge is 0.422 e. The van der Waals surface area contributed by atoms with Crippen LogP contribution in [0.5, 0.6) is 0 Å². The van der Waals surface area contributed by atoms with Crippen LogP contribution in [0.4, 0.5) is 0 Å². The summed E-state index contributed by atoms with van der Waals surface area (Å²) >= 11 is 0. The Hall–Kier alpha value is -6.19. The highest BCUT2D eigenvalue weighted by Crippen LogP contribution is 2.40. The third-order valence-electron chi connectivity index (χ3n) is 9.03. The fraction of sp³-hybridized carbons (Fsp3) is 0. The minimum atomic E-state index is -0.338. The summed E-state index contributed by atoms with van der Waals surface area (Å²) in [5.41, 5.74) is 9.56. The molecular weight excluding hydrogens is 562 g/mol. The van der Waals surface area contributed by atoms with Gasteiger partial charge in [-0.1, -0.05) is 121 Å². The van der Waals surface area contributed by atoms with E-state index in [2.05, 4.69) is 108 Å². The van der Waals surface area contributed by atoms with Gasteiger partial charge in [0.1, 0.15) is 5.58 Å². The van der Waals surface area contributed by atoms with Crippen LogP contribution in [0.3, 0.4) is 0 Å². The summed E-state index contributed by atoms with van der Waals surface area (Å²) in [6.07, 6.45) is 0. The Balaban J connectivity index is 1.32. The first kappa shape index (κ1) is 26.2. The maximum atomic E-state index is 14.0. The molecule has 3 nitrogen and oxygen atoms in total. The molecule has 46 heavy (non-hydrogen) atoms. The summed E-state index contributed by atoms with van der Waals surface area (Å²) < 4.78 is 8.57. The second-order valence-corrected chi connectivity index (χ2v) is 11.7. The summed E-state index contributed by atoms with van der Waals surface area (Å²) in [4.78, 5) is 14.0. The van der Waals surface area contributed by atoms with Gasteiger partial charge in [0.25, 0.3) is 0 Å². The average Bonchev–Trinajstić information content (AvgIpc) is 3.46. The molecule has 0 bridgehead atoms. The topological polar surface area (TPSA) is 35.1 Å². The molecule has 2 heterocycles. The van der Waals surface area contributed by atoms with Gasteiger partial charge in [0.15, 0.2) is 0 Å². The molecule has 0 atom stereocenters. The van der Waals surface area contributed by atoms with E-state index in [0.717, 1.165) is 66.3 Å². The van der Waals surface area contributed by atoms with Gasteiger partial charge in [-0.15, -0.1) is 0 Å². The highest BCUT2D eigenvalue weighted by Gasteiger charge is 2.19. The van der Waals surface area contributed by atoms with Gasteiger partial charge in [0, 0.05) is 32.8 Å². The van der Waals surface area contributed by atoms with E-state index in [9.17, 15) is 4.79 Å². The smallest absolute Gasteiger partial charge is 0.344 e. The lowest BCUT2D eigenvalue weighted by molar-refractivity contribution is 0.571. The molecule has 0 aliphatic heterocycles. The molecule has 9 rings (SSSR count). The summed E-state index contributed by atoms with van der Waals surface area (Å²) in [5.74, 6) is 0. The number of benzene rings is 7. The van der Waals surface area contributed by atoms with Crippen molar-refractivity contribution in [1.82, 2.24) is 4.57 Å². The Morgan fingerprint density at radius 3 is 1.83 bits per heavy atom. The van der Waals surface area contributed by atoms with Crippen molar-refractivity contribution >= 4 is 43.5 Å². The number of nitrogens with zero attached hydrogens (tertiary/aromatic N) is 1. The van der Waals surface area contributed by atoms with E-state index in [-0.39, 0.29) is 5.63 Å². The summed E-state index contributed by atoms with van der Waals surface area (Å²) in [7, 11) is 0. The van der Waals surface area contributed by atoms with Crippen molar-refractivity contribution < 1.29 is 4.42 Å². The number of rotatable bonds is 4. The number of para-hydroxylation sites is 2. The Labute approximate surface area is 265 Å². The predicted molar refractivity (Wildman–Crippen MR) is 191 cm³/mol. The van der Waals surface area contributed by atoms with Crippen molar-refractivity contribution in [3.8, 4) is 39.1 Å². The number of hydrogen-bond donors (Lipinski definition) is 0. The maximum absolute atomic E-state index is 14.0. The predicted octanol–water partition coefficient (Wildman–Crippen LogP) is 11.0. The van der Waals surface area contributed by atoms with Crippen LogP contribution in [0.2, 0.25) is 0 Å².